The van der Waals surface area contributed by atoms with Crippen LogP contribution in [0.4, 0.5) is 0 Å². The second-order valence-corrected chi connectivity index (χ2v) is 10.0. The molecule has 0 aliphatic heterocycles. The van der Waals surface area contributed by atoms with Gasteiger partial charge in [-0.25, -0.2) is 0 Å². The molecule has 0 amide bonds. The maximum Gasteiger partial charge on any atom is 0.127 e. The van der Waals surface area contributed by atoms with Crippen molar-refractivity contribution in [3.05, 3.63) is 76.2 Å². The van der Waals surface area contributed by atoms with Crippen LogP contribution < -0.4 is 15.2 Å². The first-order chi connectivity index (χ1) is 16.2. The molecular formula is C31H45NO2. The summed E-state index contributed by atoms with van der Waals surface area (Å²) in [7, 11) is 4.00. The zero-order chi connectivity index (χ0) is 25.1. The summed E-state index contributed by atoms with van der Waals surface area (Å²) in [5.41, 5.74) is 3.87. The smallest absolute Gasteiger partial charge is 0.127 e. The van der Waals surface area contributed by atoms with Crippen molar-refractivity contribution in [2.45, 2.75) is 61.0 Å². The topological polar surface area (TPSA) is 21.7 Å². The van der Waals surface area contributed by atoms with Crippen LogP contribution in [0.15, 0.2) is 60.2 Å². The van der Waals surface area contributed by atoms with Crippen molar-refractivity contribution in [2.75, 3.05) is 27.3 Å². The minimum absolute atomic E-state index is 0.0939. The third kappa shape index (κ3) is 7.77. The fourth-order valence-electron chi connectivity index (χ4n) is 4.04. The summed E-state index contributed by atoms with van der Waals surface area (Å²) >= 11 is 0. The Kier molecular flexibility index (Phi) is 10.9. The van der Waals surface area contributed by atoms with E-state index in [-0.39, 0.29) is 5.41 Å². The standard InChI is InChI=1S/C31H45NO2/c1-9-15-28-27(18-14-19-30(28)34-22-26-16-12-11-13-17-26)29(20-24(3)10-2)32(7)21-25(4)31(5,6)23-33-8/h11-20,25H,9-10,21-23H2,1-8H3/b24-20+,28-15-,29-27-. The summed E-state index contributed by atoms with van der Waals surface area (Å²) in [4.78, 5) is 2.41. The molecule has 0 aromatic heterocycles. The van der Waals surface area contributed by atoms with Gasteiger partial charge in [-0.3, -0.25) is 0 Å². The van der Waals surface area contributed by atoms with Gasteiger partial charge in [-0.05, 0) is 48.8 Å². The van der Waals surface area contributed by atoms with Gasteiger partial charge in [0.1, 0.15) is 12.4 Å². The molecule has 1 atom stereocenters. The van der Waals surface area contributed by atoms with E-state index >= 15 is 0 Å². The minimum atomic E-state index is 0.0939. The molecule has 2 aromatic rings. The van der Waals surface area contributed by atoms with Gasteiger partial charge in [0.2, 0.25) is 0 Å². The van der Waals surface area contributed by atoms with E-state index in [9.17, 15) is 0 Å². The molecule has 0 radical (unpaired) electrons. The highest BCUT2D eigenvalue weighted by Gasteiger charge is 2.27. The normalized spacial score (nSPS) is 14.7. The maximum absolute atomic E-state index is 6.34. The molecule has 3 heteroatoms. The molecule has 1 unspecified atom stereocenters. The Bertz CT molecular complexity index is 1040. The van der Waals surface area contributed by atoms with Crippen LogP contribution in [0.2, 0.25) is 0 Å². The van der Waals surface area contributed by atoms with Gasteiger partial charge in [0, 0.05) is 36.8 Å². The summed E-state index contributed by atoms with van der Waals surface area (Å²) in [5, 5.41) is 2.39. The number of likely N-dealkylation sites (N-methyl/N-ethyl adjacent to an activating group) is 1. The van der Waals surface area contributed by atoms with E-state index in [1.807, 2.05) is 6.07 Å². The summed E-state index contributed by atoms with van der Waals surface area (Å²) < 4.78 is 11.9. The number of hydrogen-bond acceptors (Lipinski definition) is 3. The van der Waals surface area contributed by atoms with E-state index in [0.717, 1.165) is 31.7 Å². The molecule has 0 heterocycles. The van der Waals surface area contributed by atoms with Crippen molar-refractivity contribution in [3.63, 3.8) is 0 Å². The van der Waals surface area contributed by atoms with Gasteiger partial charge in [0.15, 0.2) is 0 Å². The van der Waals surface area contributed by atoms with Crippen molar-refractivity contribution in [3.8, 4) is 5.75 Å². The lowest BCUT2D eigenvalue weighted by Crippen LogP contribution is -2.38. The van der Waals surface area contributed by atoms with E-state index in [2.05, 4.69) is 108 Å². The van der Waals surface area contributed by atoms with Crippen LogP contribution >= 0.6 is 0 Å². The summed E-state index contributed by atoms with van der Waals surface area (Å²) in [6, 6.07) is 16.8. The molecule has 0 bridgehead atoms. The molecule has 0 N–H and O–H groups in total. The first-order valence-corrected chi connectivity index (χ1v) is 12.6. The quantitative estimate of drug-likeness (QED) is 0.376. The van der Waals surface area contributed by atoms with Crippen LogP contribution in [0.3, 0.4) is 0 Å². The van der Waals surface area contributed by atoms with E-state index in [1.54, 1.807) is 7.11 Å². The van der Waals surface area contributed by atoms with Crippen LogP contribution in [-0.4, -0.2) is 32.2 Å². The van der Waals surface area contributed by atoms with E-state index < -0.39 is 0 Å². The third-order valence-corrected chi connectivity index (χ3v) is 6.74. The Balaban J connectivity index is 2.58. The second-order valence-electron chi connectivity index (χ2n) is 10.0. The van der Waals surface area contributed by atoms with Gasteiger partial charge in [-0.15, -0.1) is 0 Å². The predicted octanol–water partition coefficient (Wildman–Crippen LogP) is 6.16. The number of methoxy groups -OCH3 is 1. The molecular weight excluding hydrogens is 418 g/mol. The molecule has 0 spiro atoms. The Morgan fingerprint density at radius 2 is 1.76 bits per heavy atom. The highest BCUT2D eigenvalue weighted by Crippen LogP contribution is 2.28. The van der Waals surface area contributed by atoms with Crippen molar-refractivity contribution in [1.29, 1.82) is 0 Å². The van der Waals surface area contributed by atoms with Crippen LogP contribution in [-0.2, 0) is 11.3 Å². The van der Waals surface area contributed by atoms with Gasteiger partial charge in [-0.2, -0.15) is 0 Å². The number of rotatable bonds is 12. The minimum Gasteiger partial charge on any atom is -0.488 e. The first-order valence-electron chi connectivity index (χ1n) is 12.6. The maximum atomic E-state index is 6.34. The Labute approximate surface area is 207 Å². The monoisotopic (exact) mass is 463 g/mol. The lowest BCUT2D eigenvalue weighted by molar-refractivity contribution is 0.0583. The molecule has 0 aliphatic carbocycles. The zero-order valence-electron chi connectivity index (χ0n) is 22.7. The number of allylic oxidation sites excluding steroid dienone is 1. The van der Waals surface area contributed by atoms with E-state index in [4.69, 9.17) is 9.47 Å². The van der Waals surface area contributed by atoms with Crippen LogP contribution in [0.1, 0.15) is 59.9 Å². The lowest BCUT2D eigenvalue weighted by atomic mass is 9.80. The van der Waals surface area contributed by atoms with Crippen LogP contribution in [0.25, 0.3) is 11.8 Å². The fourth-order valence-corrected chi connectivity index (χ4v) is 4.04. The highest BCUT2D eigenvalue weighted by molar-refractivity contribution is 5.58. The average molecular weight is 464 g/mol. The van der Waals surface area contributed by atoms with Crippen molar-refractivity contribution in [1.82, 2.24) is 4.90 Å². The molecule has 0 aliphatic rings. The molecule has 34 heavy (non-hydrogen) atoms. The third-order valence-electron chi connectivity index (χ3n) is 6.74. The molecule has 2 aromatic carbocycles. The predicted molar refractivity (Wildman–Crippen MR) is 146 cm³/mol. The molecule has 0 saturated heterocycles. The zero-order valence-corrected chi connectivity index (χ0v) is 22.7. The summed E-state index contributed by atoms with van der Waals surface area (Å²) in [5.74, 6) is 1.39. The average Bonchev–Trinajstić information content (AvgIpc) is 2.82. The molecule has 2 rings (SSSR count). The van der Waals surface area contributed by atoms with E-state index in [0.29, 0.717) is 12.5 Å². The van der Waals surface area contributed by atoms with Gasteiger partial charge in [-0.1, -0.05) is 88.7 Å². The van der Waals surface area contributed by atoms with Gasteiger partial charge >= 0.3 is 0 Å². The summed E-state index contributed by atoms with van der Waals surface area (Å²) in [6.45, 7) is 15.8. The molecule has 186 valence electrons. The SMILES string of the molecule is CC\C=c1/c(OCc2ccccc2)ccc/c1=C(\C=C(/C)CC)N(C)CC(C)C(C)(C)COC. The molecule has 3 nitrogen and oxygen atoms in total. The Morgan fingerprint density at radius 1 is 1.06 bits per heavy atom. The second kappa shape index (κ2) is 13.4. The Morgan fingerprint density at radius 3 is 2.38 bits per heavy atom. The fraction of sp³-hybridized carbons (Fsp3) is 0.484. The number of nitrogens with zero attached hydrogens (tertiary/aromatic N) is 1. The Hall–Kier alpha value is -2.52. The molecule has 0 saturated carbocycles. The van der Waals surface area contributed by atoms with Crippen LogP contribution in [0.5, 0.6) is 5.75 Å². The van der Waals surface area contributed by atoms with Crippen molar-refractivity contribution >= 4 is 11.8 Å². The van der Waals surface area contributed by atoms with Crippen LogP contribution in [0, 0.1) is 11.3 Å². The lowest BCUT2D eigenvalue weighted by Gasteiger charge is -2.35. The number of ether oxygens (including phenoxy) is 2. The largest absolute Gasteiger partial charge is 0.488 e. The van der Waals surface area contributed by atoms with Crippen molar-refractivity contribution in [2.24, 2.45) is 11.3 Å². The van der Waals surface area contributed by atoms with Gasteiger partial charge in [0.05, 0.1) is 6.61 Å². The summed E-state index contributed by atoms with van der Waals surface area (Å²) in [6.07, 6.45) is 6.61. The van der Waals surface area contributed by atoms with Gasteiger partial charge < -0.3 is 14.4 Å². The van der Waals surface area contributed by atoms with Crippen molar-refractivity contribution < 1.29 is 9.47 Å². The highest BCUT2D eigenvalue weighted by atomic mass is 16.5. The van der Waals surface area contributed by atoms with E-state index in [1.165, 1.54) is 27.3 Å². The molecule has 0 fully saturated rings. The first kappa shape index (κ1) is 27.7. The number of hydrogen-bond donors (Lipinski definition) is 0. The number of benzene rings is 2. The van der Waals surface area contributed by atoms with Gasteiger partial charge in [0.25, 0.3) is 0 Å².